The second kappa shape index (κ2) is 7.79. The van der Waals surface area contributed by atoms with Crippen LogP contribution in [0, 0.1) is 6.92 Å². The summed E-state index contributed by atoms with van der Waals surface area (Å²) < 4.78 is 1.04. The van der Waals surface area contributed by atoms with E-state index in [1.165, 1.54) is 25.7 Å². The van der Waals surface area contributed by atoms with E-state index in [2.05, 4.69) is 26.1 Å². The lowest BCUT2D eigenvalue weighted by Crippen LogP contribution is -2.28. The van der Waals surface area contributed by atoms with E-state index >= 15 is 0 Å². The molecule has 0 bridgehead atoms. The van der Waals surface area contributed by atoms with Crippen molar-refractivity contribution in [1.29, 1.82) is 0 Å². The van der Waals surface area contributed by atoms with Crippen molar-refractivity contribution in [3.8, 4) is 0 Å². The Morgan fingerprint density at radius 2 is 1.95 bits per heavy atom. The zero-order valence-electron chi connectivity index (χ0n) is 12.1. The minimum atomic E-state index is 0.111. The summed E-state index contributed by atoms with van der Waals surface area (Å²) in [5.41, 5.74) is 2.00. The van der Waals surface area contributed by atoms with Gasteiger partial charge >= 0.3 is 0 Å². The summed E-state index contributed by atoms with van der Waals surface area (Å²) in [5, 5.41) is 3.01. The molecule has 0 unspecified atom stereocenters. The minimum absolute atomic E-state index is 0.111. The van der Waals surface area contributed by atoms with Crippen LogP contribution in [-0.4, -0.2) is 30.4 Å². The van der Waals surface area contributed by atoms with Crippen LogP contribution in [-0.2, 0) is 4.79 Å². The van der Waals surface area contributed by atoms with E-state index in [0.717, 1.165) is 35.4 Å². The highest BCUT2D eigenvalue weighted by Gasteiger charge is 2.11. The molecule has 0 saturated carbocycles. The second-order valence-electron chi connectivity index (χ2n) is 5.51. The predicted octanol–water partition coefficient (Wildman–Crippen LogP) is 3.96. The van der Waals surface area contributed by atoms with Gasteiger partial charge in [0.2, 0.25) is 5.91 Å². The summed E-state index contributed by atoms with van der Waals surface area (Å²) >= 11 is 3.43. The van der Waals surface area contributed by atoms with Gasteiger partial charge in [0.25, 0.3) is 0 Å². The number of nitrogens with zero attached hydrogens (tertiary/aromatic N) is 1. The van der Waals surface area contributed by atoms with Gasteiger partial charge in [0.05, 0.1) is 0 Å². The fourth-order valence-electron chi connectivity index (χ4n) is 2.60. The monoisotopic (exact) mass is 338 g/mol. The van der Waals surface area contributed by atoms with E-state index < -0.39 is 0 Å². The Bertz CT molecular complexity index is 454. The zero-order chi connectivity index (χ0) is 14.4. The molecule has 0 aliphatic carbocycles. The number of carbonyl (C=O) groups excluding carboxylic acids is 1. The number of rotatable bonds is 4. The molecule has 20 heavy (non-hydrogen) atoms. The smallest absolute Gasteiger partial charge is 0.225 e. The van der Waals surface area contributed by atoms with Crippen molar-refractivity contribution >= 4 is 27.5 Å². The number of halogens is 1. The molecule has 0 spiro atoms. The predicted molar refractivity (Wildman–Crippen MR) is 87.0 cm³/mol. The van der Waals surface area contributed by atoms with E-state index in [0.29, 0.717) is 6.42 Å². The van der Waals surface area contributed by atoms with Gasteiger partial charge < -0.3 is 10.2 Å². The number of nitrogens with one attached hydrogen (secondary N) is 1. The third kappa shape index (κ3) is 4.91. The van der Waals surface area contributed by atoms with Crippen LogP contribution < -0.4 is 5.32 Å². The number of benzene rings is 1. The van der Waals surface area contributed by atoms with Crippen molar-refractivity contribution in [3.63, 3.8) is 0 Å². The summed E-state index contributed by atoms with van der Waals surface area (Å²) in [4.78, 5) is 14.4. The normalized spacial score (nSPS) is 16.7. The molecule has 1 saturated heterocycles. The van der Waals surface area contributed by atoms with E-state index in [9.17, 15) is 4.79 Å². The van der Waals surface area contributed by atoms with Crippen LogP contribution in [0.2, 0.25) is 0 Å². The van der Waals surface area contributed by atoms with Gasteiger partial charge in [-0.2, -0.15) is 0 Å². The Labute approximate surface area is 129 Å². The average Bonchev–Trinajstić information content (AvgIpc) is 2.68. The fraction of sp³-hybridized carbons (Fsp3) is 0.562. The van der Waals surface area contributed by atoms with Gasteiger partial charge in [-0.25, -0.2) is 0 Å². The molecule has 4 heteroatoms. The quantitative estimate of drug-likeness (QED) is 0.900. The highest BCUT2D eigenvalue weighted by molar-refractivity contribution is 9.10. The molecule has 1 heterocycles. The van der Waals surface area contributed by atoms with Crippen LogP contribution in [0.4, 0.5) is 5.69 Å². The molecule has 2 rings (SSSR count). The highest BCUT2D eigenvalue weighted by atomic mass is 79.9. The van der Waals surface area contributed by atoms with E-state index in [1.54, 1.807) is 0 Å². The molecule has 1 aromatic carbocycles. The molecule has 3 nitrogen and oxygen atoms in total. The number of hydrogen-bond donors (Lipinski definition) is 1. The number of anilines is 1. The Balaban J connectivity index is 1.79. The molecule has 0 aromatic heterocycles. The van der Waals surface area contributed by atoms with Gasteiger partial charge in [-0.15, -0.1) is 0 Å². The molecule has 0 atom stereocenters. The van der Waals surface area contributed by atoms with Gasteiger partial charge in [-0.05, 0) is 56.6 Å². The topological polar surface area (TPSA) is 32.3 Å². The summed E-state index contributed by atoms with van der Waals surface area (Å²) in [6, 6.07) is 5.92. The summed E-state index contributed by atoms with van der Waals surface area (Å²) in [5.74, 6) is 0.111. The van der Waals surface area contributed by atoms with Gasteiger partial charge in [0.1, 0.15) is 0 Å². The molecule has 1 fully saturated rings. The largest absolute Gasteiger partial charge is 0.326 e. The van der Waals surface area contributed by atoms with Crippen molar-refractivity contribution in [2.75, 3.05) is 25.0 Å². The highest BCUT2D eigenvalue weighted by Crippen LogP contribution is 2.20. The molecule has 1 aromatic rings. The Morgan fingerprint density at radius 3 is 2.60 bits per heavy atom. The summed E-state index contributed by atoms with van der Waals surface area (Å²) in [6.07, 6.45) is 5.79. The van der Waals surface area contributed by atoms with Crippen LogP contribution in [0.25, 0.3) is 0 Å². The molecule has 1 aliphatic rings. The number of likely N-dealkylation sites (tertiary alicyclic amines) is 1. The molecule has 1 N–H and O–H groups in total. The first-order chi connectivity index (χ1) is 9.65. The van der Waals surface area contributed by atoms with Crippen LogP contribution >= 0.6 is 15.9 Å². The first-order valence-electron chi connectivity index (χ1n) is 7.43. The van der Waals surface area contributed by atoms with Gasteiger partial charge in [0.15, 0.2) is 0 Å². The van der Waals surface area contributed by atoms with Crippen LogP contribution in [0.15, 0.2) is 22.7 Å². The molecule has 0 radical (unpaired) electrons. The van der Waals surface area contributed by atoms with Crippen molar-refractivity contribution in [3.05, 3.63) is 28.2 Å². The number of hydrogen-bond acceptors (Lipinski definition) is 2. The van der Waals surface area contributed by atoms with Crippen molar-refractivity contribution in [2.45, 2.75) is 39.0 Å². The van der Waals surface area contributed by atoms with E-state index in [1.807, 2.05) is 25.1 Å². The summed E-state index contributed by atoms with van der Waals surface area (Å²) in [6.45, 7) is 5.17. The second-order valence-corrected chi connectivity index (χ2v) is 6.43. The number of carbonyl (C=O) groups is 1. The zero-order valence-corrected chi connectivity index (χ0v) is 13.7. The number of amides is 1. The molecule has 1 amide bonds. The molecular weight excluding hydrogens is 316 g/mol. The van der Waals surface area contributed by atoms with Crippen LogP contribution in [0.5, 0.6) is 0 Å². The first kappa shape index (κ1) is 15.5. The van der Waals surface area contributed by atoms with Gasteiger partial charge in [-0.3, -0.25) is 4.79 Å². The third-order valence-corrected chi connectivity index (χ3v) is 4.31. The first-order valence-corrected chi connectivity index (χ1v) is 8.23. The lowest BCUT2D eigenvalue weighted by atomic mass is 10.2. The standard InChI is InChI=1S/C16H23BrN2O/c1-13-12-14(17)6-7-15(13)18-16(20)8-11-19-9-4-2-3-5-10-19/h6-7,12H,2-5,8-11H2,1H3,(H,18,20). The van der Waals surface area contributed by atoms with Gasteiger partial charge in [0, 0.05) is 23.1 Å². The maximum absolute atomic E-state index is 12.0. The van der Waals surface area contributed by atoms with Crippen molar-refractivity contribution in [1.82, 2.24) is 4.90 Å². The van der Waals surface area contributed by atoms with E-state index in [-0.39, 0.29) is 5.91 Å². The van der Waals surface area contributed by atoms with Crippen molar-refractivity contribution < 1.29 is 4.79 Å². The molecular formula is C16H23BrN2O. The third-order valence-electron chi connectivity index (χ3n) is 3.82. The minimum Gasteiger partial charge on any atom is -0.326 e. The Hall–Kier alpha value is -0.870. The fourth-order valence-corrected chi connectivity index (χ4v) is 3.08. The average molecular weight is 339 g/mol. The SMILES string of the molecule is Cc1cc(Br)ccc1NC(=O)CCN1CCCCCC1. The maximum atomic E-state index is 12.0. The lowest BCUT2D eigenvalue weighted by molar-refractivity contribution is -0.116. The summed E-state index contributed by atoms with van der Waals surface area (Å²) in [7, 11) is 0. The Morgan fingerprint density at radius 1 is 1.25 bits per heavy atom. The number of aryl methyl sites for hydroxylation is 1. The van der Waals surface area contributed by atoms with Crippen LogP contribution in [0.3, 0.4) is 0 Å². The molecule has 1 aliphatic heterocycles. The Kier molecular flexibility index (Phi) is 6.05. The maximum Gasteiger partial charge on any atom is 0.225 e. The van der Waals surface area contributed by atoms with Gasteiger partial charge in [-0.1, -0.05) is 28.8 Å². The van der Waals surface area contributed by atoms with E-state index in [4.69, 9.17) is 0 Å². The van der Waals surface area contributed by atoms with Crippen LogP contribution in [0.1, 0.15) is 37.7 Å². The lowest BCUT2D eigenvalue weighted by Gasteiger charge is -2.19. The molecule has 110 valence electrons. The van der Waals surface area contributed by atoms with Crippen molar-refractivity contribution in [2.24, 2.45) is 0 Å².